The van der Waals surface area contributed by atoms with Crippen LogP contribution in [0.5, 0.6) is 5.75 Å². The van der Waals surface area contributed by atoms with Gasteiger partial charge < -0.3 is 24.6 Å². The van der Waals surface area contributed by atoms with Crippen LogP contribution in [0.15, 0.2) is 36.0 Å². The van der Waals surface area contributed by atoms with Gasteiger partial charge in [-0.3, -0.25) is 0 Å². The van der Waals surface area contributed by atoms with Crippen molar-refractivity contribution >= 4 is 11.8 Å². The molecule has 3 rings (SSSR count). The van der Waals surface area contributed by atoms with Gasteiger partial charge in [0.2, 0.25) is 0 Å². The number of aliphatic hydroxyl groups excluding tert-OH is 2. The van der Waals surface area contributed by atoms with E-state index in [2.05, 4.69) is 0 Å². The van der Waals surface area contributed by atoms with Crippen LogP contribution in [-0.4, -0.2) is 64.6 Å². The summed E-state index contributed by atoms with van der Waals surface area (Å²) in [5, 5.41) is 19.9. The zero-order valence-electron chi connectivity index (χ0n) is 14.0. The Bertz CT molecular complexity index is 652. The van der Waals surface area contributed by atoms with Gasteiger partial charge in [-0.15, -0.1) is 11.8 Å². The number of fused-ring (bicyclic) bond motifs is 1. The molecule has 2 aliphatic heterocycles. The molecule has 4 atom stereocenters. The molecule has 2 heterocycles. The Hall–Kier alpha value is -1.42. The van der Waals surface area contributed by atoms with Crippen LogP contribution in [0.2, 0.25) is 0 Å². The van der Waals surface area contributed by atoms with Crippen LogP contribution in [0, 0.1) is 0 Å². The molecular weight excluding hydrogens is 371 g/mol. The minimum atomic E-state index is -4.58. The van der Waals surface area contributed by atoms with Crippen LogP contribution in [0.25, 0.3) is 0 Å². The van der Waals surface area contributed by atoms with Crippen molar-refractivity contribution < 1.29 is 32.9 Å². The Labute approximate surface area is 153 Å². The normalized spacial score (nSPS) is 29.6. The summed E-state index contributed by atoms with van der Waals surface area (Å²) in [6, 6.07) is 5.84. The molecule has 0 aliphatic carbocycles. The van der Waals surface area contributed by atoms with Crippen molar-refractivity contribution in [2.45, 2.75) is 36.3 Å². The quantitative estimate of drug-likeness (QED) is 0.820. The number of methoxy groups -OCH3 is 1. The van der Waals surface area contributed by atoms with Crippen LogP contribution >= 0.6 is 11.8 Å². The second-order valence-electron chi connectivity index (χ2n) is 6.16. The van der Waals surface area contributed by atoms with Gasteiger partial charge in [0.25, 0.3) is 0 Å². The summed E-state index contributed by atoms with van der Waals surface area (Å²) in [5.41, 5.74) is -0.721. The van der Waals surface area contributed by atoms with Gasteiger partial charge in [-0.05, 0) is 24.1 Å². The lowest BCUT2D eigenvalue weighted by Gasteiger charge is -2.39. The molecule has 9 heteroatoms. The van der Waals surface area contributed by atoms with Gasteiger partial charge in [-0.2, -0.15) is 13.2 Å². The molecule has 4 unspecified atom stereocenters. The number of aliphatic hydroxyl groups is 2. The Morgan fingerprint density at radius 2 is 2.04 bits per heavy atom. The number of nitrogens with zero attached hydrogens (tertiary/aromatic N) is 1. The Kier molecular flexibility index (Phi) is 5.71. The number of benzene rings is 1. The fraction of sp³-hybridized carbons (Fsp3) is 0.529. The van der Waals surface area contributed by atoms with Crippen LogP contribution in [0.1, 0.15) is 5.56 Å². The van der Waals surface area contributed by atoms with Gasteiger partial charge in [0.05, 0.1) is 25.6 Å². The third kappa shape index (κ3) is 3.95. The molecule has 0 amide bonds. The van der Waals surface area contributed by atoms with Crippen LogP contribution in [0.3, 0.4) is 0 Å². The molecule has 0 bridgehead atoms. The zero-order valence-corrected chi connectivity index (χ0v) is 14.8. The number of rotatable bonds is 4. The van der Waals surface area contributed by atoms with E-state index in [1.807, 2.05) is 0 Å². The molecule has 2 aliphatic rings. The SMILES string of the molecule is COc1ccc(C/C=C(\N2CSC3OCC(O)C(O)C32)C(F)(F)F)cc1. The van der Waals surface area contributed by atoms with Crippen molar-refractivity contribution in [3.8, 4) is 5.75 Å². The molecule has 5 nitrogen and oxygen atoms in total. The van der Waals surface area contributed by atoms with E-state index in [0.29, 0.717) is 11.3 Å². The second kappa shape index (κ2) is 7.67. The molecule has 2 fully saturated rings. The maximum atomic E-state index is 13.7. The molecule has 0 saturated carbocycles. The Morgan fingerprint density at radius 1 is 1.35 bits per heavy atom. The van der Waals surface area contributed by atoms with Gasteiger partial charge in [0, 0.05) is 0 Å². The minimum Gasteiger partial charge on any atom is -0.497 e. The van der Waals surface area contributed by atoms with Crippen molar-refractivity contribution in [2.75, 3.05) is 19.6 Å². The van der Waals surface area contributed by atoms with Crippen molar-refractivity contribution in [3.63, 3.8) is 0 Å². The molecule has 0 spiro atoms. The molecule has 26 heavy (non-hydrogen) atoms. The highest BCUT2D eigenvalue weighted by molar-refractivity contribution is 8.00. The summed E-state index contributed by atoms with van der Waals surface area (Å²) in [5.74, 6) is 0.664. The van der Waals surface area contributed by atoms with Crippen LogP contribution in [0.4, 0.5) is 13.2 Å². The first-order chi connectivity index (χ1) is 12.3. The molecule has 1 aromatic rings. The molecule has 144 valence electrons. The number of alkyl halides is 3. The third-order valence-corrected chi connectivity index (χ3v) is 5.65. The summed E-state index contributed by atoms with van der Waals surface area (Å²) in [7, 11) is 1.52. The smallest absolute Gasteiger partial charge is 0.430 e. The number of halogens is 3. The van der Waals surface area contributed by atoms with E-state index in [0.717, 1.165) is 11.0 Å². The molecule has 1 aromatic carbocycles. The van der Waals surface area contributed by atoms with Gasteiger partial charge in [-0.25, -0.2) is 0 Å². The van der Waals surface area contributed by atoms with E-state index in [-0.39, 0.29) is 18.9 Å². The first-order valence-electron chi connectivity index (χ1n) is 8.07. The summed E-state index contributed by atoms with van der Waals surface area (Å²) in [4.78, 5) is 1.09. The number of ether oxygens (including phenoxy) is 2. The summed E-state index contributed by atoms with van der Waals surface area (Å²) in [6.07, 6.45) is -5.89. The van der Waals surface area contributed by atoms with Crippen molar-refractivity contribution in [3.05, 3.63) is 41.6 Å². The van der Waals surface area contributed by atoms with Crippen LogP contribution < -0.4 is 4.74 Å². The maximum absolute atomic E-state index is 13.7. The summed E-state index contributed by atoms with van der Waals surface area (Å²) in [6.45, 7) is -0.0832. The fourth-order valence-electron chi connectivity index (χ4n) is 3.10. The van der Waals surface area contributed by atoms with Gasteiger partial charge in [0.1, 0.15) is 29.1 Å². The minimum absolute atomic E-state index is 0.0348. The fourth-order valence-corrected chi connectivity index (χ4v) is 4.40. The van der Waals surface area contributed by atoms with E-state index in [4.69, 9.17) is 9.47 Å². The van der Waals surface area contributed by atoms with E-state index >= 15 is 0 Å². The van der Waals surface area contributed by atoms with E-state index < -0.39 is 35.6 Å². The average molecular weight is 391 g/mol. The van der Waals surface area contributed by atoms with Gasteiger partial charge in [0.15, 0.2) is 0 Å². The average Bonchev–Trinajstić information content (AvgIpc) is 3.02. The Balaban J connectivity index is 1.83. The van der Waals surface area contributed by atoms with Gasteiger partial charge in [-0.1, -0.05) is 18.2 Å². The molecule has 2 saturated heterocycles. The monoisotopic (exact) mass is 391 g/mol. The third-order valence-electron chi connectivity index (χ3n) is 4.48. The maximum Gasteiger partial charge on any atom is 0.430 e. The number of thioether (sulfide) groups is 1. The summed E-state index contributed by atoms with van der Waals surface area (Å²) >= 11 is 1.19. The number of hydrogen-bond acceptors (Lipinski definition) is 6. The standard InChI is InChI=1S/C17H20F3NO4S/c1-24-11-5-2-10(3-6-11)4-7-13(17(18,19)20)21-9-26-16-14(21)15(23)12(22)8-25-16/h2-3,5-7,12,14-16,22-23H,4,8-9H2,1H3/b13-7-. The highest BCUT2D eigenvalue weighted by atomic mass is 32.2. The first-order valence-corrected chi connectivity index (χ1v) is 9.12. The molecular formula is C17H20F3NO4S. The number of hydrogen-bond donors (Lipinski definition) is 2. The highest BCUT2D eigenvalue weighted by Crippen LogP contribution is 2.42. The van der Waals surface area contributed by atoms with E-state index in [1.165, 1.54) is 18.9 Å². The lowest BCUT2D eigenvalue weighted by molar-refractivity contribution is -0.152. The largest absolute Gasteiger partial charge is 0.497 e. The first kappa shape index (κ1) is 19.3. The predicted octanol–water partition coefficient (Wildman–Crippen LogP) is 2.14. The molecule has 2 N–H and O–H groups in total. The van der Waals surface area contributed by atoms with Gasteiger partial charge >= 0.3 is 6.18 Å². The van der Waals surface area contributed by atoms with Crippen molar-refractivity contribution in [1.82, 2.24) is 4.90 Å². The molecule has 0 aromatic heterocycles. The van der Waals surface area contributed by atoms with Crippen molar-refractivity contribution in [1.29, 1.82) is 0 Å². The zero-order chi connectivity index (χ0) is 18.9. The second-order valence-corrected chi connectivity index (χ2v) is 7.21. The lowest BCUT2D eigenvalue weighted by Crippen LogP contribution is -2.56. The van der Waals surface area contributed by atoms with Crippen molar-refractivity contribution in [2.24, 2.45) is 0 Å². The highest BCUT2D eigenvalue weighted by Gasteiger charge is 2.51. The molecule has 0 radical (unpaired) electrons. The summed E-state index contributed by atoms with van der Waals surface area (Å²) < 4.78 is 51.4. The number of allylic oxidation sites excluding steroid dienone is 2. The van der Waals surface area contributed by atoms with E-state index in [9.17, 15) is 23.4 Å². The topological polar surface area (TPSA) is 62.2 Å². The Morgan fingerprint density at radius 3 is 2.65 bits per heavy atom. The van der Waals surface area contributed by atoms with E-state index in [1.54, 1.807) is 24.3 Å². The lowest BCUT2D eigenvalue weighted by atomic mass is 10.0. The predicted molar refractivity (Wildman–Crippen MR) is 90.7 cm³/mol. The van der Waals surface area contributed by atoms with Crippen LogP contribution in [-0.2, 0) is 11.2 Å².